The summed E-state index contributed by atoms with van der Waals surface area (Å²) < 4.78 is 47.8. The van der Waals surface area contributed by atoms with Gasteiger partial charge in [-0.3, -0.25) is 9.52 Å². The zero-order valence-electron chi connectivity index (χ0n) is 24.2. The topological polar surface area (TPSA) is 101 Å². The predicted octanol–water partition coefficient (Wildman–Crippen LogP) is 7.35. The Labute approximate surface area is 234 Å². The number of methoxy groups -OCH3 is 1. The lowest BCUT2D eigenvalue weighted by Gasteiger charge is -2.14. The van der Waals surface area contributed by atoms with Crippen LogP contribution in [-0.2, 0) is 10.0 Å². The number of sulfonamides is 1. The van der Waals surface area contributed by atoms with Crippen LogP contribution in [0.1, 0.15) is 71.3 Å². The standard InChI is InChI=1S/C21H17FN3O4PS.4C2H6/c1-29-12-4-2-5-13(10-12)31(27,28)25-17-8-7-16(22)18(20(17)30)19(26)15-11-24-21-14(15)6-3-9-23-21;4*1-2/h2-11,25H,30H2,1H3,(H,23,24);4*1-2H3. The third-order valence-electron chi connectivity index (χ3n) is 4.71. The van der Waals surface area contributed by atoms with Gasteiger partial charge in [-0.15, -0.1) is 9.24 Å². The molecule has 0 saturated heterocycles. The van der Waals surface area contributed by atoms with Gasteiger partial charge in [-0.1, -0.05) is 61.5 Å². The molecule has 1 unspecified atom stereocenters. The van der Waals surface area contributed by atoms with Gasteiger partial charge in [-0.25, -0.2) is 17.8 Å². The number of nitrogens with zero attached hydrogens (tertiary/aromatic N) is 1. The molecular formula is C29H41FN3O4PS. The number of carbonyl (C=O) groups is 1. The van der Waals surface area contributed by atoms with Crippen molar-refractivity contribution in [1.29, 1.82) is 0 Å². The van der Waals surface area contributed by atoms with E-state index in [1.54, 1.807) is 30.5 Å². The highest BCUT2D eigenvalue weighted by Crippen LogP contribution is 2.25. The lowest BCUT2D eigenvalue weighted by Crippen LogP contribution is -2.21. The molecule has 0 aliphatic rings. The average Bonchev–Trinajstić information content (AvgIpc) is 3.43. The normalized spacial score (nSPS) is 9.72. The molecule has 7 nitrogen and oxygen atoms in total. The van der Waals surface area contributed by atoms with Crippen LogP contribution in [0.4, 0.5) is 10.1 Å². The Kier molecular flexibility index (Phi) is 16.6. The molecule has 0 aliphatic heterocycles. The molecule has 39 heavy (non-hydrogen) atoms. The zero-order chi connectivity index (χ0) is 30.2. The number of aromatic nitrogens is 2. The maximum Gasteiger partial charge on any atom is 0.262 e. The van der Waals surface area contributed by atoms with Gasteiger partial charge in [0, 0.05) is 34.7 Å². The molecule has 0 aliphatic carbocycles. The molecule has 2 aromatic heterocycles. The summed E-state index contributed by atoms with van der Waals surface area (Å²) >= 11 is 0. The van der Waals surface area contributed by atoms with Crippen LogP contribution in [0.25, 0.3) is 11.0 Å². The number of ether oxygens (including phenoxy) is 1. The molecule has 214 valence electrons. The van der Waals surface area contributed by atoms with Gasteiger partial charge >= 0.3 is 0 Å². The van der Waals surface area contributed by atoms with Crippen molar-refractivity contribution in [2.75, 3.05) is 11.8 Å². The van der Waals surface area contributed by atoms with Crippen LogP contribution >= 0.6 is 9.24 Å². The lowest BCUT2D eigenvalue weighted by molar-refractivity contribution is 0.103. The highest BCUT2D eigenvalue weighted by molar-refractivity contribution is 7.92. The third-order valence-corrected chi connectivity index (χ3v) is 6.68. The highest BCUT2D eigenvalue weighted by atomic mass is 32.2. The number of nitrogens with one attached hydrogen (secondary N) is 2. The van der Waals surface area contributed by atoms with Crippen LogP contribution in [0, 0.1) is 5.82 Å². The largest absolute Gasteiger partial charge is 0.497 e. The second-order valence-corrected chi connectivity index (χ2v) is 8.86. The molecule has 10 heteroatoms. The van der Waals surface area contributed by atoms with Crippen molar-refractivity contribution in [3.63, 3.8) is 0 Å². The molecule has 2 heterocycles. The van der Waals surface area contributed by atoms with Crippen molar-refractivity contribution in [3.05, 3.63) is 77.9 Å². The van der Waals surface area contributed by atoms with Gasteiger partial charge in [0.25, 0.3) is 10.0 Å². The van der Waals surface area contributed by atoms with Crippen molar-refractivity contribution in [1.82, 2.24) is 9.97 Å². The van der Waals surface area contributed by atoms with Gasteiger partial charge in [0.2, 0.25) is 0 Å². The van der Waals surface area contributed by atoms with Crippen molar-refractivity contribution in [3.8, 4) is 5.75 Å². The molecule has 4 aromatic rings. The second kappa shape index (κ2) is 18.1. The van der Waals surface area contributed by atoms with Crippen molar-refractivity contribution in [2.24, 2.45) is 0 Å². The first-order valence-corrected chi connectivity index (χ1v) is 15.1. The Morgan fingerprint density at radius 2 is 1.62 bits per heavy atom. The van der Waals surface area contributed by atoms with Crippen LogP contribution in [0.15, 0.2) is 65.8 Å². The van der Waals surface area contributed by atoms with E-state index in [-0.39, 0.29) is 27.0 Å². The molecule has 0 saturated carbocycles. The minimum absolute atomic E-state index is 0.0313. The Bertz CT molecular complexity index is 1420. The first-order chi connectivity index (χ1) is 18.8. The summed E-state index contributed by atoms with van der Waals surface area (Å²) in [6, 6.07) is 11.6. The van der Waals surface area contributed by atoms with Crippen molar-refractivity contribution in [2.45, 2.75) is 60.3 Å². The van der Waals surface area contributed by atoms with Crippen LogP contribution in [-0.4, -0.2) is 31.3 Å². The van der Waals surface area contributed by atoms with Crippen LogP contribution in [0.5, 0.6) is 5.75 Å². The van der Waals surface area contributed by atoms with Crippen molar-refractivity contribution >= 4 is 47.1 Å². The molecule has 4 rings (SSSR count). The van der Waals surface area contributed by atoms with Gasteiger partial charge in [-0.05, 0) is 36.4 Å². The van der Waals surface area contributed by atoms with E-state index < -0.39 is 21.6 Å². The van der Waals surface area contributed by atoms with Gasteiger partial charge < -0.3 is 9.72 Å². The number of carbonyl (C=O) groups excluding carboxylic acids is 1. The number of ketones is 1. The smallest absolute Gasteiger partial charge is 0.262 e. The van der Waals surface area contributed by atoms with E-state index in [0.29, 0.717) is 16.8 Å². The summed E-state index contributed by atoms with van der Waals surface area (Å²) in [4.78, 5) is 20.1. The fraction of sp³-hybridized carbons (Fsp3) is 0.310. The van der Waals surface area contributed by atoms with Crippen LogP contribution in [0.2, 0.25) is 0 Å². The predicted molar refractivity (Wildman–Crippen MR) is 164 cm³/mol. The van der Waals surface area contributed by atoms with Gasteiger partial charge in [0.1, 0.15) is 17.2 Å². The lowest BCUT2D eigenvalue weighted by atomic mass is 10.0. The van der Waals surface area contributed by atoms with E-state index in [1.807, 2.05) is 55.4 Å². The van der Waals surface area contributed by atoms with E-state index >= 15 is 0 Å². The van der Waals surface area contributed by atoms with Crippen molar-refractivity contribution < 1.29 is 22.3 Å². The van der Waals surface area contributed by atoms with E-state index in [4.69, 9.17) is 4.74 Å². The number of pyridine rings is 1. The summed E-state index contributed by atoms with van der Waals surface area (Å²) in [5.41, 5.74) is 0.543. The Balaban J connectivity index is 0.00000166. The molecular weight excluding hydrogens is 536 g/mol. The fourth-order valence-electron chi connectivity index (χ4n) is 3.16. The number of benzene rings is 2. The molecule has 1 atom stereocenters. The summed E-state index contributed by atoms with van der Waals surface area (Å²) in [7, 11) is -0.326. The SMILES string of the molecule is CC.CC.CC.CC.COc1cccc(S(=O)(=O)Nc2ccc(F)c(C(=O)c3c[nH]c4ncccc34)c2P)c1. The molecule has 2 aromatic carbocycles. The molecule has 0 fully saturated rings. The number of aromatic amines is 1. The Hall–Kier alpha value is -3.29. The summed E-state index contributed by atoms with van der Waals surface area (Å²) in [5.74, 6) is -0.987. The van der Waals surface area contributed by atoms with E-state index in [9.17, 15) is 17.6 Å². The van der Waals surface area contributed by atoms with Gasteiger partial charge in [0.15, 0.2) is 5.78 Å². The summed E-state index contributed by atoms with van der Waals surface area (Å²) in [6.45, 7) is 16.0. The fourth-order valence-corrected chi connectivity index (χ4v) is 4.82. The molecule has 0 amide bonds. The number of H-pyrrole nitrogens is 1. The number of hydrogen-bond acceptors (Lipinski definition) is 5. The minimum atomic E-state index is -4.01. The molecule has 0 radical (unpaired) electrons. The van der Waals surface area contributed by atoms with Crippen LogP contribution in [0.3, 0.4) is 0 Å². The summed E-state index contributed by atoms with van der Waals surface area (Å²) in [6.07, 6.45) is 3.03. The minimum Gasteiger partial charge on any atom is -0.497 e. The maximum absolute atomic E-state index is 14.7. The number of anilines is 1. The highest BCUT2D eigenvalue weighted by Gasteiger charge is 2.24. The molecule has 2 N–H and O–H groups in total. The van der Waals surface area contributed by atoms with Crippen LogP contribution < -0.4 is 14.8 Å². The first kappa shape index (κ1) is 35.7. The summed E-state index contributed by atoms with van der Waals surface area (Å²) in [5, 5.41) is 0.633. The molecule has 0 bridgehead atoms. The van der Waals surface area contributed by atoms with Gasteiger partial charge in [0.05, 0.1) is 23.3 Å². The van der Waals surface area contributed by atoms with Gasteiger partial charge in [-0.2, -0.15) is 0 Å². The van der Waals surface area contributed by atoms with E-state index in [2.05, 4.69) is 23.9 Å². The Morgan fingerprint density at radius 1 is 0.974 bits per heavy atom. The van der Waals surface area contributed by atoms with E-state index in [0.717, 1.165) is 6.07 Å². The van der Waals surface area contributed by atoms with E-state index in [1.165, 1.54) is 31.5 Å². The molecule has 0 spiro atoms. The zero-order valence-corrected chi connectivity index (χ0v) is 26.2. The number of fused-ring (bicyclic) bond motifs is 1. The number of halogens is 1. The third kappa shape index (κ3) is 8.87. The number of hydrogen-bond donors (Lipinski definition) is 2. The number of rotatable bonds is 6. The second-order valence-electron chi connectivity index (χ2n) is 6.60. The quantitative estimate of drug-likeness (QED) is 0.184. The first-order valence-electron chi connectivity index (χ1n) is 13.0. The monoisotopic (exact) mass is 577 g/mol. The maximum atomic E-state index is 14.7. The Morgan fingerprint density at radius 3 is 2.23 bits per heavy atom. The average molecular weight is 578 g/mol.